The van der Waals surface area contributed by atoms with Crippen molar-refractivity contribution in [3.8, 4) is 17.4 Å². The summed E-state index contributed by atoms with van der Waals surface area (Å²) in [5.74, 6) is -0.578. The van der Waals surface area contributed by atoms with Crippen LogP contribution >= 0.6 is 23.2 Å². The summed E-state index contributed by atoms with van der Waals surface area (Å²) in [4.78, 5) is 12.3. The molecule has 2 aromatic carbocycles. The van der Waals surface area contributed by atoms with Gasteiger partial charge >= 0.3 is 6.18 Å². The molecule has 1 heterocycles. The van der Waals surface area contributed by atoms with Gasteiger partial charge in [-0.15, -0.1) is 0 Å². The van der Waals surface area contributed by atoms with E-state index in [1.807, 2.05) is 0 Å². The van der Waals surface area contributed by atoms with E-state index >= 15 is 0 Å². The topological polar surface area (TPSA) is 66.0 Å². The highest BCUT2D eigenvalue weighted by Gasteiger charge is 2.31. The maximum Gasteiger partial charge on any atom is 0.416 e. The van der Waals surface area contributed by atoms with Crippen LogP contribution in [0, 0.1) is 11.3 Å². The lowest BCUT2D eigenvalue weighted by atomic mass is 10.1. The first-order valence-electron chi connectivity index (χ1n) is 8.33. The Labute approximate surface area is 179 Å². The van der Waals surface area contributed by atoms with E-state index in [1.54, 1.807) is 30.3 Å². The van der Waals surface area contributed by atoms with Crippen LogP contribution in [0.15, 0.2) is 64.6 Å². The third kappa shape index (κ3) is 4.85. The molecule has 0 saturated heterocycles. The van der Waals surface area contributed by atoms with Crippen LogP contribution in [0.4, 0.5) is 18.9 Å². The van der Waals surface area contributed by atoms with E-state index in [0.29, 0.717) is 10.7 Å². The van der Waals surface area contributed by atoms with Crippen LogP contribution in [0.1, 0.15) is 11.3 Å². The molecule has 0 bridgehead atoms. The maximum atomic E-state index is 13.0. The summed E-state index contributed by atoms with van der Waals surface area (Å²) in [7, 11) is 0. The molecule has 1 N–H and O–H groups in total. The van der Waals surface area contributed by atoms with Gasteiger partial charge < -0.3 is 9.73 Å². The lowest BCUT2D eigenvalue weighted by molar-refractivity contribution is -0.137. The molecule has 0 aliphatic rings. The van der Waals surface area contributed by atoms with Crippen LogP contribution in [0.5, 0.6) is 0 Å². The minimum atomic E-state index is -4.54. The van der Waals surface area contributed by atoms with Gasteiger partial charge in [-0.1, -0.05) is 35.3 Å². The highest BCUT2D eigenvalue weighted by molar-refractivity contribution is 6.34. The van der Waals surface area contributed by atoms with E-state index in [2.05, 4.69) is 5.32 Å². The zero-order valence-electron chi connectivity index (χ0n) is 14.9. The fourth-order valence-corrected chi connectivity index (χ4v) is 2.90. The van der Waals surface area contributed by atoms with E-state index in [1.165, 1.54) is 12.1 Å². The number of carbonyl (C=O) groups is 1. The predicted octanol–water partition coefficient (Wildman–Crippen LogP) is 6.82. The molecule has 0 radical (unpaired) electrons. The van der Waals surface area contributed by atoms with Crippen LogP contribution in [0.2, 0.25) is 10.0 Å². The molecule has 0 aliphatic carbocycles. The summed E-state index contributed by atoms with van der Waals surface area (Å²) in [6.45, 7) is 0. The highest BCUT2D eigenvalue weighted by atomic mass is 35.5. The van der Waals surface area contributed by atoms with E-state index in [4.69, 9.17) is 27.6 Å². The standard InChI is InChI=1S/C21H11Cl2F3N2O2/c22-16-7-5-13(21(24,25)26)10-15(16)19-8-6-14(30-19)9-12(11-27)20(29)28-18-4-2-1-3-17(18)23/h1-10H,(H,28,29)/b12-9+. The lowest BCUT2D eigenvalue weighted by Gasteiger charge is -2.09. The number of para-hydroxylation sites is 1. The van der Waals surface area contributed by atoms with Crippen molar-refractivity contribution in [3.63, 3.8) is 0 Å². The number of rotatable bonds is 4. The van der Waals surface area contributed by atoms with Crippen molar-refractivity contribution in [2.24, 2.45) is 0 Å². The summed E-state index contributed by atoms with van der Waals surface area (Å²) in [5, 5.41) is 12.2. The van der Waals surface area contributed by atoms with Crippen LogP contribution in [0.3, 0.4) is 0 Å². The van der Waals surface area contributed by atoms with Gasteiger partial charge in [0.15, 0.2) is 0 Å². The maximum absolute atomic E-state index is 13.0. The second-order valence-corrected chi connectivity index (χ2v) is 6.81. The van der Waals surface area contributed by atoms with Crippen molar-refractivity contribution in [2.45, 2.75) is 6.18 Å². The summed E-state index contributed by atoms with van der Waals surface area (Å²) in [6.07, 6.45) is -3.38. The molecule has 3 rings (SSSR count). The monoisotopic (exact) mass is 450 g/mol. The second-order valence-electron chi connectivity index (χ2n) is 6.00. The number of halogens is 5. The molecule has 0 atom stereocenters. The van der Waals surface area contributed by atoms with Crippen molar-refractivity contribution >= 4 is 40.9 Å². The van der Waals surface area contributed by atoms with Gasteiger partial charge in [-0.3, -0.25) is 4.79 Å². The van der Waals surface area contributed by atoms with Crippen LogP contribution < -0.4 is 5.32 Å². The molecule has 0 spiro atoms. The summed E-state index contributed by atoms with van der Waals surface area (Å²) in [5.41, 5.74) is -0.815. The van der Waals surface area contributed by atoms with Gasteiger partial charge in [0.25, 0.3) is 5.91 Å². The highest BCUT2D eigenvalue weighted by Crippen LogP contribution is 2.36. The van der Waals surface area contributed by atoms with Crippen LogP contribution in [0.25, 0.3) is 17.4 Å². The van der Waals surface area contributed by atoms with Gasteiger partial charge in [0.1, 0.15) is 23.2 Å². The Bertz CT molecular complexity index is 1180. The molecule has 4 nitrogen and oxygen atoms in total. The average molecular weight is 451 g/mol. The quantitative estimate of drug-likeness (QED) is 0.350. The van der Waals surface area contributed by atoms with E-state index in [-0.39, 0.29) is 27.7 Å². The number of nitrogens with zero attached hydrogens (tertiary/aromatic N) is 1. The number of nitrogens with one attached hydrogen (secondary N) is 1. The number of furan rings is 1. The van der Waals surface area contributed by atoms with Gasteiger partial charge in [-0.05, 0) is 42.5 Å². The number of amides is 1. The molecule has 30 heavy (non-hydrogen) atoms. The minimum Gasteiger partial charge on any atom is -0.457 e. The first-order valence-corrected chi connectivity index (χ1v) is 9.09. The zero-order valence-corrected chi connectivity index (χ0v) is 16.4. The largest absolute Gasteiger partial charge is 0.457 e. The molecule has 152 valence electrons. The van der Waals surface area contributed by atoms with Crippen molar-refractivity contribution < 1.29 is 22.4 Å². The lowest BCUT2D eigenvalue weighted by Crippen LogP contribution is -2.13. The molecule has 9 heteroatoms. The Morgan fingerprint density at radius 1 is 1.07 bits per heavy atom. The van der Waals surface area contributed by atoms with E-state index in [9.17, 15) is 23.2 Å². The molecule has 0 unspecified atom stereocenters. The minimum absolute atomic E-state index is 0.0326. The van der Waals surface area contributed by atoms with Gasteiger partial charge in [0.2, 0.25) is 0 Å². The SMILES string of the molecule is N#C/C(=C\c1ccc(-c2cc(C(F)(F)F)ccc2Cl)o1)C(=O)Nc1ccccc1Cl. The van der Waals surface area contributed by atoms with Crippen molar-refractivity contribution in [1.29, 1.82) is 5.26 Å². The molecule has 0 saturated carbocycles. The Balaban J connectivity index is 1.88. The average Bonchev–Trinajstić information content (AvgIpc) is 3.15. The van der Waals surface area contributed by atoms with E-state index in [0.717, 1.165) is 24.3 Å². The van der Waals surface area contributed by atoms with Gasteiger partial charge in [0, 0.05) is 11.6 Å². The predicted molar refractivity (Wildman–Crippen MR) is 108 cm³/mol. The third-order valence-corrected chi connectivity index (χ3v) is 4.62. The summed E-state index contributed by atoms with van der Waals surface area (Å²) >= 11 is 12.0. The second kappa shape index (κ2) is 8.66. The molecule has 1 aromatic heterocycles. The number of anilines is 1. The van der Waals surface area contributed by atoms with Crippen LogP contribution in [-0.4, -0.2) is 5.91 Å². The summed E-state index contributed by atoms with van der Waals surface area (Å²) < 4.78 is 44.4. The first-order chi connectivity index (χ1) is 14.2. The number of hydrogen-bond donors (Lipinski definition) is 1. The Morgan fingerprint density at radius 3 is 2.47 bits per heavy atom. The normalized spacial score (nSPS) is 11.8. The smallest absolute Gasteiger partial charge is 0.416 e. The summed E-state index contributed by atoms with van der Waals surface area (Å²) in [6, 6.07) is 13.9. The van der Waals surface area contributed by atoms with E-state index < -0.39 is 17.6 Å². The van der Waals surface area contributed by atoms with Crippen LogP contribution in [-0.2, 0) is 11.0 Å². The molecule has 0 fully saturated rings. The molecule has 0 aliphatic heterocycles. The molecule has 3 aromatic rings. The fourth-order valence-electron chi connectivity index (χ4n) is 2.51. The Kier molecular flexibility index (Phi) is 6.20. The van der Waals surface area contributed by atoms with Gasteiger partial charge in [-0.25, -0.2) is 0 Å². The Hall–Kier alpha value is -3.21. The molecular weight excluding hydrogens is 440 g/mol. The number of benzene rings is 2. The molecule has 1 amide bonds. The first kappa shape index (κ1) is 21.5. The molecular formula is C21H11Cl2F3N2O2. The van der Waals surface area contributed by atoms with Crippen molar-refractivity contribution in [3.05, 3.63) is 81.5 Å². The number of carbonyl (C=O) groups excluding carboxylic acids is 1. The zero-order chi connectivity index (χ0) is 21.9. The fraction of sp³-hybridized carbons (Fsp3) is 0.0476. The number of alkyl halides is 3. The van der Waals surface area contributed by atoms with Crippen molar-refractivity contribution in [2.75, 3.05) is 5.32 Å². The number of nitriles is 1. The number of hydrogen-bond acceptors (Lipinski definition) is 3. The Morgan fingerprint density at radius 2 is 1.80 bits per heavy atom. The third-order valence-electron chi connectivity index (χ3n) is 3.96. The van der Waals surface area contributed by atoms with Crippen molar-refractivity contribution in [1.82, 2.24) is 0 Å². The van der Waals surface area contributed by atoms with Gasteiger partial charge in [0.05, 0.1) is 21.3 Å². The van der Waals surface area contributed by atoms with Gasteiger partial charge in [-0.2, -0.15) is 18.4 Å².